The third-order valence-corrected chi connectivity index (χ3v) is 11.2. The molecule has 2 aliphatic rings. The third-order valence-electron chi connectivity index (χ3n) is 11.2. The quantitative estimate of drug-likeness (QED) is 0.0508. The number of nitrogens with zero attached hydrogens (tertiary/aromatic N) is 1. The largest absolute Gasteiger partial charge is 0.347 e. The predicted molar refractivity (Wildman–Crippen MR) is 216 cm³/mol. The summed E-state index contributed by atoms with van der Waals surface area (Å²) in [6, 6.07) is 0. The number of hydrogen-bond acceptors (Lipinski definition) is 3. The third kappa shape index (κ3) is 24.1. The van der Waals surface area contributed by atoms with Gasteiger partial charge in [0, 0.05) is 19.4 Å². The van der Waals surface area contributed by atoms with Crippen LogP contribution >= 0.6 is 0 Å². The van der Waals surface area contributed by atoms with Crippen molar-refractivity contribution in [3.05, 3.63) is 36.5 Å². The molecule has 2 fully saturated rings. The molecule has 0 spiro atoms. The first kappa shape index (κ1) is 44.3. The molecule has 2 aliphatic heterocycles. The summed E-state index contributed by atoms with van der Waals surface area (Å²) >= 11 is 0. The van der Waals surface area contributed by atoms with Crippen LogP contribution in [0.3, 0.4) is 0 Å². The molecule has 0 amide bonds. The van der Waals surface area contributed by atoms with Crippen LogP contribution in [-0.2, 0) is 9.47 Å². The topological polar surface area (TPSA) is 21.7 Å². The maximum absolute atomic E-state index is 6.84. The minimum Gasteiger partial charge on any atom is -0.347 e. The van der Waals surface area contributed by atoms with Crippen molar-refractivity contribution in [3.8, 4) is 0 Å². The SMILES string of the molecule is CCCCC/C=C\C/C=C\CCCCCCCCC1(CCCCCCCC/C=C\CC(C)CCCCCC)OCC(CC2CCN(C)C2)O1. The van der Waals surface area contributed by atoms with Gasteiger partial charge in [0.05, 0.1) is 12.7 Å². The number of ether oxygens (including phenoxy) is 2. The van der Waals surface area contributed by atoms with Gasteiger partial charge in [-0.3, -0.25) is 0 Å². The molecule has 49 heavy (non-hydrogen) atoms. The Morgan fingerprint density at radius 1 is 0.653 bits per heavy atom. The van der Waals surface area contributed by atoms with Gasteiger partial charge in [-0.15, -0.1) is 0 Å². The molecule has 4 atom stereocenters. The molecule has 4 unspecified atom stereocenters. The van der Waals surface area contributed by atoms with Crippen molar-refractivity contribution in [2.75, 3.05) is 26.7 Å². The molecule has 0 saturated carbocycles. The van der Waals surface area contributed by atoms with Gasteiger partial charge in [0.15, 0.2) is 5.79 Å². The van der Waals surface area contributed by atoms with E-state index in [1.54, 1.807) is 0 Å². The first-order valence-corrected chi connectivity index (χ1v) is 22.0. The summed E-state index contributed by atoms with van der Waals surface area (Å²) in [7, 11) is 2.26. The van der Waals surface area contributed by atoms with E-state index in [1.807, 2.05) is 0 Å². The zero-order valence-electron chi connectivity index (χ0n) is 33.6. The van der Waals surface area contributed by atoms with Gasteiger partial charge in [-0.1, -0.05) is 154 Å². The van der Waals surface area contributed by atoms with Crippen molar-refractivity contribution >= 4 is 0 Å². The lowest BCUT2D eigenvalue weighted by Crippen LogP contribution is -2.31. The standard InChI is InChI=1S/C46H85NO2/c1-5-7-9-11-12-13-14-15-16-17-18-19-22-25-28-32-37-46(48-42-45(49-46)40-44-36-39-47(4)41-44)38-33-29-26-23-20-21-24-27-31-35-43(3)34-30-10-8-6-2/h12-13,15-16,27,31,43-45H,5-11,14,17-26,28-30,32-42H2,1-4H3/b13-12-,16-15-,31-27-. The lowest BCUT2D eigenvalue weighted by molar-refractivity contribution is -0.180. The summed E-state index contributed by atoms with van der Waals surface area (Å²) in [6.45, 7) is 10.3. The maximum atomic E-state index is 6.84. The van der Waals surface area contributed by atoms with Crippen LogP contribution in [0.5, 0.6) is 0 Å². The zero-order chi connectivity index (χ0) is 35.1. The number of likely N-dealkylation sites (tertiary alicyclic amines) is 1. The highest BCUT2D eigenvalue weighted by Crippen LogP contribution is 2.37. The molecule has 2 saturated heterocycles. The van der Waals surface area contributed by atoms with Crippen LogP contribution in [0.2, 0.25) is 0 Å². The Kier molecular flexibility index (Phi) is 27.7. The molecule has 0 aromatic heterocycles. The van der Waals surface area contributed by atoms with Crippen LogP contribution in [0.1, 0.15) is 207 Å². The normalized spacial score (nSPS) is 22.5. The van der Waals surface area contributed by atoms with Crippen LogP contribution in [0, 0.1) is 11.8 Å². The molecule has 2 rings (SSSR count). The van der Waals surface area contributed by atoms with Crippen molar-refractivity contribution in [2.45, 2.75) is 219 Å². The Labute approximate surface area is 307 Å². The van der Waals surface area contributed by atoms with Gasteiger partial charge in [0.25, 0.3) is 0 Å². The van der Waals surface area contributed by atoms with E-state index >= 15 is 0 Å². The van der Waals surface area contributed by atoms with E-state index in [-0.39, 0.29) is 5.79 Å². The van der Waals surface area contributed by atoms with Gasteiger partial charge < -0.3 is 14.4 Å². The van der Waals surface area contributed by atoms with Gasteiger partial charge >= 0.3 is 0 Å². The predicted octanol–water partition coefficient (Wildman–Crippen LogP) is 14.3. The summed E-state index contributed by atoms with van der Waals surface area (Å²) in [6.07, 6.45) is 52.5. The van der Waals surface area contributed by atoms with Crippen molar-refractivity contribution in [1.29, 1.82) is 0 Å². The lowest BCUT2D eigenvalue weighted by atomic mass is 9.98. The van der Waals surface area contributed by atoms with Crippen LogP contribution in [0.15, 0.2) is 36.5 Å². The van der Waals surface area contributed by atoms with Crippen molar-refractivity contribution in [1.82, 2.24) is 4.90 Å². The second kappa shape index (κ2) is 30.7. The van der Waals surface area contributed by atoms with Crippen LogP contribution in [-0.4, -0.2) is 43.5 Å². The maximum Gasteiger partial charge on any atom is 0.168 e. The van der Waals surface area contributed by atoms with Crippen LogP contribution in [0.4, 0.5) is 0 Å². The Hall–Kier alpha value is -0.900. The minimum atomic E-state index is -0.303. The van der Waals surface area contributed by atoms with Gasteiger partial charge in [-0.25, -0.2) is 0 Å². The zero-order valence-corrected chi connectivity index (χ0v) is 33.6. The van der Waals surface area contributed by atoms with E-state index in [0.29, 0.717) is 6.10 Å². The van der Waals surface area contributed by atoms with Gasteiger partial charge in [-0.2, -0.15) is 0 Å². The Balaban J connectivity index is 1.56. The highest BCUT2D eigenvalue weighted by atomic mass is 16.7. The molecule has 0 aromatic rings. The fraction of sp³-hybridized carbons (Fsp3) is 0.870. The summed E-state index contributed by atoms with van der Waals surface area (Å²) in [5, 5.41) is 0. The first-order chi connectivity index (χ1) is 24.1. The molecule has 3 nitrogen and oxygen atoms in total. The molecule has 0 aliphatic carbocycles. The van der Waals surface area contributed by atoms with E-state index in [1.165, 1.54) is 180 Å². The number of allylic oxidation sites excluding steroid dienone is 6. The second-order valence-electron chi connectivity index (χ2n) is 16.3. The number of unbranched alkanes of at least 4 members (excludes halogenated alkanes) is 18. The highest BCUT2D eigenvalue weighted by Gasteiger charge is 2.41. The lowest BCUT2D eigenvalue weighted by Gasteiger charge is -2.29. The summed E-state index contributed by atoms with van der Waals surface area (Å²) in [5.41, 5.74) is 0. The van der Waals surface area contributed by atoms with Crippen molar-refractivity contribution < 1.29 is 9.47 Å². The number of rotatable bonds is 33. The summed E-state index contributed by atoms with van der Waals surface area (Å²) in [4.78, 5) is 2.48. The second-order valence-corrected chi connectivity index (χ2v) is 16.3. The van der Waals surface area contributed by atoms with E-state index < -0.39 is 0 Å². The fourth-order valence-electron chi connectivity index (χ4n) is 7.94. The van der Waals surface area contributed by atoms with E-state index in [0.717, 1.165) is 37.7 Å². The molecule has 0 bridgehead atoms. The van der Waals surface area contributed by atoms with Crippen LogP contribution in [0.25, 0.3) is 0 Å². The Bertz CT molecular complexity index is 820. The molecule has 0 radical (unpaired) electrons. The average Bonchev–Trinajstić information content (AvgIpc) is 3.70. The Morgan fingerprint density at radius 3 is 1.78 bits per heavy atom. The van der Waals surface area contributed by atoms with Crippen molar-refractivity contribution in [2.24, 2.45) is 11.8 Å². The summed E-state index contributed by atoms with van der Waals surface area (Å²) < 4.78 is 13.4. The Morgan fingerprint density at radius 2 is 1.18 bits per heavy atom. The van der Waals surface area contributed by atoms with Crippen LogP contribution < -0.4 is 0 Å². The first-order valence-electron chi connectivity index (χ1n) is 22.0. The van der Waals surface area contributed by atoms with E-state index in [2.05, 4.69) is 69.2 Å². The molecule has 2 heterocycles. The minimum absolute atomic E-state index is 0.303. The molecular weight excluding hydrogens is 599 g/mol. The average molecular weight is 684 g/mol. The molecule has 286 valence electrons. The van der Waals surface area contributed by atoms with Gasteiger partial charge in [-0.05, 0) is 102 Å². The van der Waals surface area contributed by atoms with Crippen molar-refractivity contribution in [3.63, 3.8) is 0 Å². The summed E-state index contributed by atoms with van der Waals surface area (Å²) in [5.74, 6) is 1.33. The van der Waals surface area contributed by atoms with E-state index in [4.69, 9.17) is 9.47 Å². The van der Waals surface area contributed by atoms with E-state index in [9.17, 15) is 0 Å². The van der Waals surface area contributed by atoms with Gasteiger partial charge in [0.2, 0.25) is 0 Å². The fourth-order valence-corrected chi connectivity index (χ4v) is 7.94. The number of hydrogen-bond donors (Lipinski definition) is 0. The van der Waals surface area contributed by atoms with Gasteiger partial charge in [0.1, 0.15) is 0 Å². The molecular formula is C46H85NO2. The molecule has 3 heteroatoms. The smallest absolute Gasteiger partial charge is 0.168 e. The molecule has 0 N–H and O–H groups in total. The highest BCUT2D eigenvalue weighted by molar-refractivity contribution is 4.92. The monoisotopic (exact) mass is 684 g/mol. The molecule has 0 aromatic carbocycles.